The lowest BCUT2D eigenvalue weighted by atomic mass is 9.92. The maximum Gasteiger partial charge on any atom is 0.226 e. The van der Waals surface area contributed by atoms with Crippen molar-refractivity contribution in [3.8, 4) is 5.69 Å². The topological polar surface area (TPSA) is 76.0 Å². The van der Waals surface area contributed by atoms with E-state index in [4.69, 9.17) is 5.10 Å². The number of benzene rings is 2. The van der Waals surface area contributed by atoms with Crippen molar-refractivity contribution >= 4 is 17.6 Å². The van der Waals surface area contributed by atoms with Crippen LogP contribution in [0.15, 0.2) is 60.7 Å². The largest absolute Gasteiger partial charge is 0.352 e. The van der Waals surface area contributed by atoms with Crippen molar-refractivity contribution in [1.29, 1.82) is 0 Å². The van der Waals surface area contributed by atoms with Crippen LogP contribution in [-0.4, -0.2) is 21.6 Å². The lowest BCUT2D eigenvalue weighted by molar-refractivity contribution is -0.124. The Morgan fingerprint density at radius 3 is 2.23 bits per heavy atom. The number of hydrogen-bond acceptors (Lipinski definition) is 3. The molecule has 0 aliphatic carbocycles. The van der Waals surface area contributed by atoms with E-state index in [1.807, 2.05) is 67.6 Å². The molecule has 0 saturated carbocycles. The van der Waals surface area contributed by atoms with Gasteiger partial charge in [-0.3, -0.25) is 9.59 Å². The summed E-state index contributed by atoms with van der Waals surface area (Å²) in [5.74, 6) is 0.230. The van der Waals surface area contributed by atoms with Gasteiger partial charge in [0.25, 0.3) is 0 Å². The Hall–Kier alpha value is -3.41. The summed E-state index contributed by atoms with van der Waals surface area (Å²) in [5.41, 5.74) is 3.77. The number of rotatable bonds is 7. The molecule has 0 saturated heterocycles. The van der Waals surface area contributed by atoms with E-state index in [-0.39, 0.29) is 30.1 Å². The number of nitrogens with zero attached hydrogens (tertiary/aromatic N) is 2. The van der Waals surface area contributed by atoms with E-state index in [1.54, 1.807) is 4.68 Å². The SMILES string of the molecule is Cc1ccc(-n2nc(C(C)(C)C)cc2NC(=O)CCC(=O)NCc2ccccc2)cc1. The van der Waals surface area contributed by atoms with Crippen LogP contribution in [0.2, 0.25) is 0 Å². The molecule has 1 aromatic heterocycles. The third-order valence-corrected chi connectivity index (χ3v) is 4.94. The van der Waals surface area contributed by atoms with E-state index < -0.39 is 0 Å². The van der Waals surface area contributed by atoms with Crippen LogP contribution >= 0.6 is 0 Å². The average Bonchev–Trinajstić information content (AvgIpc) is 3.16. The normalized spacial score (nSPS) is 11.2. The highest BCUT2D eigenvalue weighted by atomic mass is 16.2. The number of hydrogen-bond donors (Lipinski definition) is 2. The fraction of sp³-hybridized carbons (Fsp3) is 0.320. The Morgan fingerprint density at radius 1 is 0.935 bits per heavy atom. The number of aryl methyl sites for hydroxylation is 1. The lowest BCUT2D eigenvalue weighted by Gasteiger charge is -2.14. The van der Waals surface area contributed by atoms with E-state index >= 15 is 0 Å². The zero-order valence-corrected chi connectivity index (χ0v) is 18.6. The minimum absolute atomic E-state index is 0.102. The highest BCUT2D eigenvalue weighted by Crippen LogP contribution is 2.26. The van der Waals surface area contributed by atoms with Crippen LogP contribution in [0.4, 0.5) is 5.82 Å². The fourth-order valence-electron chi connectivity index (χ4n) is 3.04. The van der Waals surface area contributed by atoms with Gasteiger partial charge in [0.2, 0.25) is 11.8 Å². The summed E-state index contributed by atoms with van der Waals surface area (Å²) in [7, 11) is 0. The maximum atomic E-state index is 12.6. The summed E-state index contributed by atoms with van der Waals surface area (Å²) in [4.78, 5) is 24.7. The molecule has 0 spiro atoms. The van der Waals surface area contributed by atoms with E-state index in [2.05, 4.69) is 31.4 Å². The standard InChI is InChI=1S/C25H30N4O2/c1-18-10-12-20(13-11-18)29-22(16-21(28-29)25(2,3)4)27-24(31)15-14-23(30)26-17-19-8-6-5-7-9-19/h5-13,16H,14-15,17H2,1-4H3,(H,26,30)(H,27,31). The van der Waals surface area contributed by atoms with Crippen LogP contribution in [0.5, 0.6) is 0 Å². The van der Waals surface area contributed by atoms with Gasteiger partial charge in [-0.05, 0) is 24.6 Å². The van der Waals surface area contributed by atoms with Gasteiger partial charge in [-0.15, -0.1) is 0 Å². The number of amides is 2. The van der Waals surface area contributed by atoms with Crippen molar-refractivity contribution in [2.24, 2.45) is 0 Å². The second-order valence-corrected chi connectivity index (χ2v) is 8.72. The van der Waals surface area contributed by atoms with Crippen LogP contribution in [0.3, 0.4) is 0 Å². The van der Waals surface area contributed by atoms with E-state index in [9.17, 15) is 9.59 Å². The second kappa shape index (κ2) is 9.60. The van der Waals surface area contributed by atoms with Gasteiger partial charge in [0.1, 0.15) is 5.82 Å². The Kier molecular flexibility index (Phi) is 6.90. The van der Waals surface area contributed by atoms with E-state index in [1.165, 1.54) is 0 Å². The Labute approximate surface area is 183 Å². The summed E-state index contributed by atoms with van der Waals surface area (Å²) in [6, 6.07) is 19.6. The molecule has 6 heteroatoms. The zero-order chi connectivity index (χ0) is 22.4. The number of nitrogens with one attached hydrogen (secondary N) is 2. The molecular weight excluding hydrogens is 388 g/mol. The molecule has 31 heavy (non-hydrogen) atoms. The second-order valence-electron chi connectivity index (χ2n) is 8.72. The van der Waals surface area contributed by atoms with Gasteiger partial charge in [-0.1, -0.05) is 68.8 Å². The van der Waals surface area contributed by atoms with Gasteiger partial charge in [-0.25, -0.2) is 4.68 Å². The molecule has 6 nitrogen and oxygen atoms in total. The molecule has 2 amide bonds. The molecular formula is C25H30N4O2. The van der Waals surface area contributed by atoms with Gasteiger partial charge >= 0.3 is 0 Å². The maximum absolute atomic E-state index is 12.6. The first-order valence-corrected chi connectivity index (χ1v) is 10.5. The van der Waals surface area contributed by atoms with Crippen molar-refractivity contribution in [2.45, 2.75) is 52.5 Å². The van der Waals surface area contributed by atoms with Gasteiger partial charge in [0.05, 0.1) is 11.4 Å². The van der Waals surface area contributed by atoms with Crippen molar-refractivity contribution in [2.75, 3.05) is 5.32 Å². The minimum atomic E-state index is -0.219. The smallest absolute Gasteiger partial charge is 0.226 e. The lowest BCUT2D eigenvalue weighted by Crippen LogP contribution is -2.24. The van der Waals surface area contributed by atoms with Crippen LogP contribution in [0, 0.1) is 6.92 Å². The van der Waals surface area contributed by atoms with Crippen LogP contribution < -0.4 is 10.6 Å². The summed E-state index contributed by atoms with van der Waals surface area (Å²) >= 11 is 0. The highest BCUT2D eigenvalue weighted by Gasteiger charge is 2.21. The molecule has 0 radical (unpaired) electrons. The van der Waals surface area contributed by atoms with Gasteiger partial charge in [0, 0.05) is 30.9 Å². The van der Waals surface area contributed by atoms with Crippen LogP contribution in [0.25, 0.3) is 5.69 Å². The zero-order valence-electron chi connectivity index (χ0n) is 18.6. The summed E-state index contributed by atoms with van der Waals surface area (Å²) in [6.07, 6.45) is 0.230. The fourth-order valence-corrected chi connectivity index (χ4v) is 3.04. The van der Waals surface area contributed by atoms with Gasteiger partial charge in [-0.2, -0.15) is 5.10 Å². The van der Waals surface area contributed by atoms with Crippen LogP contribution in [-0.2, 0) is 21.5 Å². The number of aromatic nitrogens is 2. The molecule has 0 unspecified atom stereocenters. The first-order valence-electron chi connectivity index (χ1n) is 10.5. The molecule has 0 bridgehead atoms. The Balaban J connectivity index is 1.64. The monoisotopic (exact) mass is 418 g/mol. The first kappa shape index (κ1) is 22.3. The van der Waals surface area contributed by atoms with Crippen molar-refractivity contribution < 1.29 is 9.59 Å². The third kappa shape index (κ3) is 6.28. The van der Waals surface area contributed by atoms with E-state index in [0.29, 0.717) is 12.4 Å². The molecule has 3 rings (SSSR count). The molecule has 0 aliphatic heterocycles. The number of anilines is 1. The van der Waals surface area contributed by atoms with Crippen LogP contribution in [0.1, 0.15) is 50.4 Å². The van der Waals surface area contributed by atoms with Crippen molar-refractivity contribution in [3.63, 3.8) is 0 Å². The van der Waals surface area contributed by atoms with Crippen molar-refractivity contribution in [3.05, 3.63) is 77.5 Å². The molecule has 162 valence electrons. The predicted molar refractivity (Wildman–Crippen MR) is 123 cm³/mol. The molecule has 2 aromatic carbocycles. The summed E-state index contributed by atoms with van der Waals surface area (Å²) < 4.78 is 1.74. The van der Waals surface area contributed by atoms with Gasteiger partial charge in [0.15, 0.2) is 0 Å². The number of carbonyl (C=O) groups is 2. The predicted octanol–water partition coefficient (Wildman–Crippen LogP) is 4.51. The first-order chi connectivity index (χ1) is 14.7. The molecule has 0 atom stereocenters. The molecule has 0 aliphatic rings. The van der Waals surface area contributed by atoms with E-state index in [0.717, 1.165) is 22.5 Å². The third-order valence-electron chi connectivity index (χ3n) is 4.94. The summed E-state index contributed by atoms with van der Waals surface area (Å²) in [5, 5.41) is 10.5. The minimum Gasteiger partial charge on any atom is -0.352 e. The quantitative estimate of drug-likeness (QED) is 0.593. The van der Waals surface area contributed by atoms with Gasteiger partial charge < -0.3 is 10.6 Å². The van der Waals surface area contributed by atoms with Crippen molar-refractivity contribution in [1.82, 2.24) is 15.1 Å². The molecule has 1 heterocycles. The molecule has 2 N–H and O–H groups in total. The molecule has 0 fully saturated rings. The summed E-state index contributed by atoms with van der Waals surface area (Å²) in [6.45, 7) is 8.72. The Bertz CT molecular complexity index is 1030. The average molecular weight is 419 g/mol. The Morgan fingerprint density at radius 2 is 1.58 bits per heavy atom. The highest BCUT2D eigenvalue weighted by molar-refractivity contribution is 5.92. The number of carbonyl (C=O) groups excluding carboxylic acids is 2. The molecule has 3 aromatic rings.